The minimum atomic E-state index is -0.254. The topological polar surface area (TPSA) is 63.9 Å². The van der Waals surface area contributed by atoms with Gasteiger partial charge in [0.2, 0.25) is 0 Å². The molecule has 0 saturated carbocycles. The van der Waals surface area contributed by atoms with E-state index in [1.54, 1.807) is 22.8 Å². The van der Waals surface area contributed by atoms with Gasteiger partial charge in [-0.3, -0.25) is 4.79 Å². The fourth-order valence-electron chi connectivity index (χ4n) is 2.29. The van der Waals surface area contributed by atoms with Gasteiger partial charge in [0.05, 0.1) is 23.1 Å². The molecule has 25 heavy (non-hydrogen) atoms. The molecular formula is C17H16ClN5OS. The zero-order valence-electron chi connectivity index (χ0n) is 13.8. The average molecular weight is 374 g/mol. The van der Waals surface area contributed by atoms with Crippen molar-refractivity contribution in [3.63, 3.8) is 0 Å². The SMILES string of the molecule is CSc1ncc(Cl)c(C(=O)N(C)Cc2cnn(-c3ccccc3)c2)n1. The Hall–Kier alpha value is -2.38. The van der Waals surface area contributed by atoms with Crippen LogP contribution in [0.1, 0.15) is 16.1 Å². The number of carbonyl (C=O) groups excluding carboxylic acids is 1. The Morgan fingerprint density at radius 2 is 2.04 bits per heavy atom. The van der Waals surface area contributed by atoms with Gasteiger partial charge in [0, 0.05) is 25.4 Å². The summed E-state index contributed by atoms with van der Waals surface area (Å²) in [6, 6.07) is 9.79. The molecule has 0 aliphatic heterocycles. The number of hydrogen-bond acceptors (Lipinski definition) is 5. The molecule has 0 atom stereocenters. The quantitative estimate of drug-likeness (QED) is 0.507. The summed E-state index contributed by atoms with van der Waals surface area (Å²) < 4.78 is 1.77. The number of aromatic nitrogens is 4. The first-order valence-corrected chi connectivity index (χ1v) is 9.09. The second-order valence-electron chi connectivity index (χ2n) is 5.34. The predicted molar refractivity (Wildman–Crippen MR) is 98.2 cm³/mol. The molecule has 8 heteroatoms. The molecule has 0 saturated heterocycles. The van der Waals surface area contributed by atoms with Gasteiger partial charge in [-0.15, -0.1) is 0 Å². The highest BCUT2D eigenvalue weighted by molar-refractivity contribution is 7.98. The predicted octanol–water partition coefficient (Wildman–Crippen LogP) is 3.31. The van der Waals surface area contributed by atoms with Gasteiger partial charge in [-0.1, -0.05) is 41.6 Å². The molecule has 0 unspecified atom stereocenters. The second kappa shape index (κ2) is 7.67. The Kier molecular flexibility index (Phi) is 5.35. The Bertz CT molecular complexity index is 884. The van der Waals surface area contributed by atoms with Crippen molar-refractivity contribution in [1.29, 1.82) is 0 Å². The first kappa shape index (κ1) is 17.4. The smallest absolute Gasteiger partial charge is 0.274 e. The maximum atomic E-state index is 12.6. The average Bonchev–Trinajstić information content (AvgIpc) is 3.11. The summed E-state index contributed by atoms with van der Waals surface area (Å²) in [4.78, 5) is 22.5. The molecule has 128 valence electrons. The number of thioether (sulfide) groups is 1. The zero-order valence-corrected chi connectivity index (χ0v) is 15.3. The normalized spacial score (nSPS) is 10.7. The summed E-state index contributed by atoms with van der Waals surface area (Å²) in [6.07, 6.45) is 6.94. The van der Waals surface area contributed by atoms with E-state index in [0.29, 0.717) is 11.7 Å². The van der Waals surface area contributed by atoms with E-state index in [4.69, 9.17) is 11.6 Å². The Morgan fingerprint density at radius 3 is 2.76 bits per heavy atom. The maximum absolute atomic E-state index is 12.6. The lowest BCUT2D eigenvalue weighted by Crippen LogP contribution is -2.27. The van der Waals surface area contributed by atoms with Crippen LogP contribution >= 0.6 is 23.4 Å². The van der Waals surface area contributed by atoms with Crippen molar-refractivity contribution in [3.8, 4) is 5.69 Å². The highest BCUT2D eigenvalue weighted by Crippen LogP contribution is 2.19. The van der Waals surface area contributed by atoms with Gasteiger partial charge >= 0.3 is 0 Å². The van der Waals surface area contributed by atoms with Gasteiger partial charge in [-0.2, -0.15) is 5.10 Å². The first-order chi connectivity index (χ1) is 12.1. The lowest BCUT2D eigenvalue weighted by molar-refractivity contribution is 0.0778. The number of nitrogens with zero attached hydrogens (tertiary/aromatic N) is 5. The van der Waals surface area contributed by atoms with Crippen LogP contribution in [0.4, 0.5) is 0 Å². The van der Waals surface area contributed by atoms with E-state index in [0.717, 1.165) is 11.3 Å². The Morgan fingerprint density at radius 1 is 1.28 bits per heavy atom. The van der Waals surface area contributed by atoms with Gasteiger partial charge in [-0.05, 0) is 18.4 Å². The molecule has 3 aromatic rings. The van der Waals surface area contributed by atoms with Crippen molar-refractivity contribution in [2.45, 2.75) is 11.7 Å². The summed E-state index contributed by atoms with van der Waals surface area (Å²) in [5.41, 5.74) is 2.08. The van der Waals surface area contributed by atoms with E-state index in [9.17, 15) is 4.79 Å². The summed E-state index contributed by atoms with van der Waals surface area (Å²) in [5.74, 6) is -0.254. The van der Waals surface area contributed by atoms with Crippen molar-refractivity contribution in [1.82, 2.24) is 24.6 Å². The molecule has 0 aliphatic carbocycles. The van der Waals surface area contributed by atoms with E-state index in [1.807, 2.05) is 42.8 Å². The molecule has 0 radical (unpaired) electrons. The molecule has 0 fully saturated rings. The van der Waals surface area contributed by atoms with Crippen LogP contribution in [0.5, 0.6) is 0 Å². The Labute approximate surface area is 154 Å². The Balaban J connectivity index is 1.75. The number of halogens is 1. The second-order valence-corrected chi connectivity index (χ2v) is 6.52. The fourth-order valence-corrected chi connectivity index (χ4v) is 2.80. The highest BCUT2D eigenvalue weighted by atomic mass is 35.5. The maximum Gasteiger partial charge on any atom is 0.274 e. The standard InChI is InChI=1S/C17H16ClN5OS/c1-22(16(24)15-14(18)9-19-17(21-15)25-2)10-12-8-20-23(11-12)13-6-4-3-5-7-13/h3-9,11H,10H2,1-2H3. The van der Waals surface area contributed by atoms with Gasteiger partial charge in [0.1, 0.15) is 0 Å². The first-order valence-electron chi connectivity index (χ1n) is 7.49. The van der Waals surface area contributed by atoms with Crippen LogP contribution in [0.2, 0.25) is 5.02 Å². The molecule has 0 N–H and O–H groups in total. The fraction of sp³-hybridized carbons (Fsp3) is 0.176. The third kappa shape index (κ3) is 4.00. The third-order valence-corrected chi connectivity index (χ3v) is 4.37. The van der Waals surface area contributed by atoms with Crippen LogP contribution in [0.15, 0.2) is 54.1 Å². The molecule has 6 nitrogen and oxygen atoms in total. The molecular weight excluding hydrogens is 358 g/mol. The monoisotopic (exact) mass is 373 g/mol. The molecule has 0 bridgehead atoms. The number of benzene rings is 1. The van der Waals surface area contributed by atoms with Crippen LogP contribution < -0.4 is 0 Å². The van der Waals surface area contributed by atoms with Crippen LogP contribution in [0.3, 0.4) is 0 Å². The van der Waals surface area contributed by atoms with Gasteiger partial charge in [-0.25, -0.2) is 14.6 Å². The third-order valence-electron chi connectivity index (χ3n) is 3.53. The summed E-state index contributed by atoms with van der Waals surface area (Å²) in [7, 11) is 1.71. The van der Waals surface area contributed by atoms with Gasteiger partial charge in [0.25, 0.3) is 5.91 Å². The van der Waals surface area contributed by atoms with Crippen molar-refractivity contribution < 1.29 is 4.79 Å². The van der Waals surface area contributed by atoms with E-state index in [1.165, 1.54) is 18.0 Å². The van der Waals surface area contributed by atoms with Gasteiger partial charge in [0.15, 0.2) is 10.9 Å². The van der Waals surface area contributed by atoms with Crippen LogP contribution in [-0.4, -0.2) is 43.9 Å². The summed E-state index contributed by atoms with van der Waals surface area (Å²) in [5, 5.41) is 5.10. The molecule has 0 spiro atoms. The van der Waals surface area contributed by atoms with Crippen molar-refractivity contribution in [2.24, 2.45) is 0 Å². The number of hydrogen-bond donors (Lipinski definition) is 0. The lowest BCUT2D eigenvalue weighted by Gasteiger charge is -2.16. The van der Waals surface area contributed by atoms with Crippen molar-refractivity contribution >= 4 is 29.3 Å². The highest BCUT2D eigenvalue weighted by Gasteiger charge is 2.19. The number of amides is 1. The summed E-state index contributed by atoms with van der Waals surface area (Å²) >= 11 is 7.44. The van der Waals surface area contributed by atoms with E-state index in [-0.39, 0.29) is 16.6 Å². The largest absolute Gasteiger partial charge is 0.336 e. The van der Waals surface area contributed by atoms with Crippen molar-refractivity contribution in [2.75, 3.05) is 13.3 Å². The minimum Gasteiger partial charge on any atom is -0.336 e. The van der Waals surface area contributed by atoms with Gasteiger partial charge < -0.3 is 4.90 Å². The van der Waals surface area contributed by atoms with Crippen LogP contribution in [0.25, 0.3) is 5.69 Å². The summed E-state index contributed by atoms with van der Waals surface area (Å²) in [6.45, 7) is 0.403. The van der Waals surface area contributed by atoms with Crippen LogP contribution in [-0.2, 0) is 6.54 Å². The molecule has 3 rings (SSSR count). The van der Waals surface area contributed by atoms with E-state index >= 15 is 0 Å². The van der Waals surface area contributed by atoms with E-state index in [2.05, 4.69) is 15.1 Å². The molecule has 2 aromatic heterocycles. The zero-order chi connectivity index (χ0) is 17.8. The number of para-hydroxylation sites is 1. The molecule has 1 amide bonds. The van der Waals surface area contributed by atoms with E-state index < -0.39 is 0 Å². The number of rotatable bonds is 5. The van der Waals surface area contributed by atoms with Crippen LogP contribution in [0, 0.1) is 0 Å². The minimum absolute atomic E-state index is 0.207. The molecule has 2 heterocycles. The molecule has 1 aromatic carbocycles. The molecule has 0 aliphatic rings. The van der Waals surface area contributed by atoms with Crippen molar-refractivity contribution in [3.05, 3.63) is 65.2 Å². The number of carbonyl (C=O) groups is 1. The lowest BCUT2D eigenvalue weighted by atomic mass is 10.3.